The minimum atomic E-state index is 0.0379. The summed E-state index contributed by atoms with van der Waals surface area (Å²) in [4.78, 5) is 12.3. The molecule has 0 heterocycles. The summed E-state index contributed by atoms with van der Waals surface area (Å²) >= 11 is 9.39. The fraction of sp³-hybridized carbons (Fsp3) is 0.500. The number of carbonyl (C=O) groups excluding carboxylic acids is 1. The van der Waals surface area contributed by atoms with Crippen LogP contribution in [0.2, 0.25) is 5.02 Å². The van der Waals surface area contributed by atoms with Crippen molar-refractivity contribution in [1.82, 2.24) is 0 Å². The molecule has 1 aromatic carbocycles. The van der Waals surface area contributed by atoms with Gasteiger partial charge in [0.2, 0.25) is 5.91 Å². The van der Waals surface area contributed by atoms with Crippen LogP contribution in [0.5, 0.6) is 0 Å². The van der Waals surface area contributed by atoms with Gasteiger partial charge < -0.3 is 5.32 Å². The zero-order chi connectivity index (χ0) is 13.7. The summed E-state index contributed by atoms with van der Waals surface area (Å²) in [6, 6.07) is 5.45. The Labute approximate surface area is 121 Å². The smallest absolute Gasteiger partial charge is 0.228 e. The zero-order valence-electron chi connectivity index (χ0n) is 11.0. The van der Waals surface area contributed by atoms with Gasteiger partial charge >= 0.3 is 0 Å². The van der Waals surface area contributed by atoms with E-state index in [0.29, 0.717) is 5.02 Å². The minimum absolute atomic E-state index is 0.0379. The van der Waals surface area contributed by atoms with Crippen molar-refractivity contribution in [3.05, 3.63) is 27.7 Å². The maximum atomic E-state index is 12.3. The Morgan fingerprint density at radius 2 is 1.83 bits per heavy atom. The number of hydrogen-bond acceptors (Lipinski definition) is 1. The highest BCUT2D eigenvalue weighted by atomic mass is 79.9. The van der Waals surface area contributed by atoms with Crippen molar-refractivity contribution in [1.29, 1.82) is 0 Å². The van der Waals surface area contributed by atoms with E-state index in [1.807, 2.05) is 12.1 Å². The van der Waals surface area contributed by atoms with E-state index in [2.05, 4.69) is 48.9 Å². The Balaban J connectivity index is 2.17. The van der Waals surface area contributed by atoms with Crippen LogP contribution in [0.1, 0.15) is 27.7 Å². The third kappa shape index (κ3) is 1.97. The van der Waals surface area contributed by atoms with Crippen LogP contribution in [-0.4, -0.2) is 5.91 Å². The molecule has 18 heavy (non-hydrogen) atoms. The standard InChI is InChI=1S/C14H17BrClNO/c1-13(2)11(14(13,3)4)12(18)17-9-7-5-6-8(16)10(9)15/h5-7,11H,1-4H3,(H,17,18). The van der Waals surface area contributed by atoms with Crippen LogP contribution in [0.15, 0.2) is 22.7 Å². The molecular formula is C14H17BrClNO. The van der Waals surface area contributed by atoms with Gasteiger partial charge in [0.1, 0.15) is 0 Å². The van der Waals surface area contributed by atoms with Gasteiger partial charge in [0.25, 0.3) is 0 Å². The second kappa shape index (κ2) is 4.24. The number of hydrogen-bond donors (Lipinski definition) is 1. The average molecular weight is 331 g/mol. The third-order valence-corrected chi connectivity index (χ3v) is 5.89. The monoisotopic (exact) mass is 329 g/mol. The van der Waals surface area contributed by atoms with Gasteiger partial charge in [-0.1, -0.05) is 45.4 Å². The van der Waals surface area contributed by atoms with Crippen molar-refractivity contribution >= 4 is 39.1 Å². The molecule has 0 bridgehead atoms. The first-order valence-corrected chi connectivity index (χ1v) is 7.11. The van der Waals surface area contributed by atoms with Crippen molar-refractivity contribution in [2.24, 2.45) is 16.7 Å². The summed E-state index contributed by atoms with van der Waals surface area (Å²) in [5.41, 5.74) is 0.815. The molecule has 0 saturated heterocycles. The van der Waals surface area contributed by atoms with Gasteiger partial charge in [0.15, 0.2) is 0 Å². The number of nitrogens with one attached hydrogen (secondary N) is 1. The Morgan fingerprint density at radius 3 is 2.33 bits per heavy atom. The first kappa shape index (κ1) is 13.9. The lowest BCUT2D eigenvalue weighted by Gasteiger charge is -2.09. The predicted octanol–water partition coefficient (Wildman–Crippen LogP) is 4.72. The highest BCUT2D eigenvalue weighted by molar-refractivity contribution is 9.10. The molecule has 0 aliphatic heterocycles. The third-order valence-electron chi connectivity index (χ3n) is 4.49. The van der Waals surface area contributed by atoms with Crippen LogP contribution in [-0.2, 0) is 4.79 Å². The number of rotatable bonds is 2. The molecule has 2 nitrogen and oxygen atoms in total. The SMILES string of the molecule is CC1(C)C(C(=O)Nc2cccc(Cl)c2Br)C1(C)C. The highest BCUT2D eigenvalue weighted by Gasteiger charge is 2.68. The predicted molar refractivity (Wildman–Crippen MR) is 78.8 cm³/mol. The van der Waals surface area contributed by atoms with Crippen molar-refractivity contribution < 1.29 is 4.79 Å². The number of anilines is 1. The Hall–Kier alpha value is -0.540. The van der Waals surface area contributed by atoms with Gasteiger partial charge in [-0.2, -0.15) is 0 Å². The van der Waals surface area contributed by atoms with Gasteiger partial charge in [-0.05, 0) is 38.9 Å². The van der Waals surface area contributed by atoms with E-state index in [9.17, 15) is 4.79 Å². The highest BCUT2D eigenvalue weighted by Crippen LogP contribution is 2.68. The molecule has 0 aromatic heterocycles. The molecule has 98 valence electrons. The second-order valence-corrected chi connectivity index (χ2v) is 7.17. The molecule has 1 N–H and O–H groups in total. The van der Waals surface area contributed by atoms with Crippen LogP contribution in [0, 0.1) is 16.7 Å². The summed E-state index contributed by atoms with van der Waals surface area (Å²) in [7, 11) is 0. The lowest BCUT2D eigenvalue weighted by Crippen LogP contribution is -2.17. The van der Waals surface area contributed by atoms with Crippen molar-refractivity contribution in [3.8, 4) is 0 Å². The molecule has 1 aliphatic carbocycles. The van der Waals surface area contributed by atoms with Crippen LogP contribution >= 0.6 is 27.5 Å². The minimum Gasteiger partial charge on any atom is -0.325 e. The van der Waals surface area contributed by atoms with Gasteiger partial charge in [0, 0.05) is 5.92 Å². The van der Waals surface area contributed by atoms with E-state index in [1.54, 1.807) is 6.07 Å². The Bertz CT molecular complexity index is 497. The molecule has 0 atom stereocenters. The van der Waals surface area contributed by atoms with Gasteiger partial charge in [-0.25, -0.2) is 0 Å². The Kier molecular flexibility index (Phi) is 3.27. The Morgan fingerprint density at radius 1 is 1.28 bits per heavy atom. The fourth-order valence-electron chi connectivity index (χ4n) is 2.66. The molecule has 2 rings (SSSR count). The van der Waals surface area contributed by atoms with Crippen LogP contribution in [0.4, 0.5) is 5.69 Å². The number of carbonyl (C=O) groups is 1. The van der Waals surface area contributed by atoms with Crippen LogP contribution in [0.3, 0.4) is 0 Å². The summed E-state index contributed by atoms with van der Waals surface area (Å²) in [6.07, 6.45) is 0. The van der Waals surface area contributed by atoms with Gasteiger partial charge in [-0.3, -0.25) is 4.79 Å². The van der Waals surface area contributed by atoms with Crippen molar-refractivity contribution in [2.45, 2.75) is 27.7 Å². The van der Waals surface area contributed by atoms with Gasteiger partial charge in [-0.15, -0.1) is 0 Å². The second-order valence-electron chi connectivity index (χ2n) is 5.97. The van der Waals surface area contributed by atoms with Gasteiger partial charge in [0.05, 0.1) is 15.2 Å². The molecule has 4 heteroatoms. The first-order valence-electron chi connectivity index (χ1n) is 5.94. The maximum absolute atomic E-state index is 12.3. The zero-order valence-corrected chi connectivity index (χ0v) is 13.3. The summed E-state index contributed by atoms with van der Waals surface area (Å²) in [5, 5.41) is 3.55. The molecule has 1 saturated carbocycles. The average Bonchev–Trinajstić information content (AvgIpc) is 2.65. The summed E-state index contributed by atoms with van der Waals surface area (Å²) in [6.45, 7) is 8.52. The topological polar surface area (TPSA) is 29.1 Å². The van der Waals surface area contributed by atoms with Crippen molar-refractivity contribution in [3.63, 3.8) is 0 Å². The van der Waals surface area contributed by atoms with Crippen LogP contribution < -0.4 is 5.32 Å². The fourth-order valence-corrected chi connectivity index (χ4v) is 3.20. The molecule has 0 unspecified atom stereocenters. The number of halogens is 2. The van der Waals surface area contributed by atoms with E-state index in [-0.39, 0.29) is 22.7 Å². The van der Waals surface area contributed by atoms with E-state index in [1.165, 1.54) is 0 Å². The number of amides is 1. The normalized spacial score (nSPS) is 20.6. The molecule has 1 fully saturated rings. The van der Waals surface area contributed by atoms with Crippen LogP contribution in [0.25, 0.3) is 0 Å². The first-order chi connectivity index (χ1) is 8.19. The maximum Gasteiger partial charge on any atom is 0.228 e. The molecule has 0 spiro atoms. The van der Waals surface area contributed by atoms with Crippen molar-refractivity contribution in [2.75, 3.05) is 5.32 Å². The van der Waals surface area contributed by atoms with E-state index in [0.717, 1.165) is 10.2 Å². The largest absolute Gasteiger partial charge is 0.325 e. The number of benzene rings is 1. The van der Waals surface area contributed by atoms with E-state index < -0.39 is 0 Å². The lowest BCUT2D eigenvalue weighted by atomic mass is 10.0. The molecule has 0 radical (unpaired) electrons. The van der Waals surface area contributed by atoms with E-state index >= 15 is 0 Å². The molecular weight excluding hydrogens is 314 g/mol. The van der Waals surface area contributed by atoms with E-state index in [4.69, 9.17) is 11.6 Å². The summed E-state index contributed by atoms with van der Waals surface area (Å²) < 4.78 is 0.733. The lowest BCUT2D eigenvalue weighted by molar-refractivity contribution is -0.118. The quantitative estimate of drug-likeness (QED) is 0.835. The molecule has 1 amide bonds. The molecule has 1 aliphatic rings. The summed E-state index contributed by atoms with van der Waals surface area (Å²) in [5.74, 6) is 0.101. The molecule has 1 aromatic rings.